The van der Waals surface area contributed by atoms with E-state index in [4.69, 9.17) is 39.6 Å². The van der Waals surface area contributed by atoms with Crippen LogP contribution < -0.4 is 75.7 Å². The Morgan fingerprint density at radius 1 is 0.505 bits per heavy atom. The molecule has 1 aliphatic heterocycles. The maximum atomic E-state index is 15.0. The lowest BCUT2D eigenvalue weighted by Crippen LogP contribution is -2.61. The van der Waals surface area contributed by atoms with Gasteiger partial charge in [0, 0.05) is 57.3 Å². The summed E-state index contributed by atoms with van der Waals surface area (Å²) < 4.78 is 0. The Morgan fingerprint density at radius 2 is 0.952 bits per heavy atom. The van der Waals surface area contributed by atoms with E-state index in [1.165, 1.54) is 43.0 Å². The molecule has 1 saturated heterocycles. The number of hydrogen-bond acceptors (Lipinski definition) is 16. The predicted octanol–water partition coefficient (Wildman–Crippen LogP) is 0.110. The zero-order valence-electron chi connectivity index (χ0n) is 58.3. The number of hydrogen-bond donors (Lipinski definition) is 18. The molecular weight excluding hydrogens is 1370 g/mol. The number of carbonyl (C=O) groups excluding carboxylic acids is 11. The van der Waals surface area contributed by atoms with Crippen LogP contribution in [0.5, 0.6) is 5.75 Å². The van der Waals surface area contributed by atoms with Gasteiger partial charge in [0.15, 0.2) is 11.9 Å². The van der Waals surface area contributed by atoms with Crippen LogP contribution in [0.25, 0.3) is 10.8 Å². The van der Waals surface area contributed by atoms with Crippen LogP contribution in [0.4, 0.5) is 0 Å². The standard InChI is InChI=1S/C74H92ClN17O13/c1-43(63(96)91-69(102)60(84-44(2)94)41-50-21-11-20-49-19-9-10-22-53(49)50)83-71(104)62-25-14-36-92(62)72(105)56(24-13-35-82-74(79)80)86-67(100)58(39-46-17-7-4-8-18-46)88-65(98)55(23-12-34-81-73(77)78)85-66(99)59(40-48-28-32-52(95)33-29-48)89-70(103)61(42-93)90-68(101)57(38-45-15-5-3-6-16-45)87-64(97)54(76)37-47-26-30-51(75)31-27-47/h3-11,15-22,26-33,43,54-62,93,95H,12-14,23-25,34-42,76H2,1-2H3,(H,83,104)(H,84,94)(H,85,99)(H,86,100)(H,87,97)(H,88,98)(H,89,103)(H,90,101)(H4,77,78,81)(H4,79,80,82)(H,91,96,102)/t43-,54-,55-,56+,57-,58+,59+,60-,61+,62+/m1/s1. The topological polar surface area (TPSA) is 490 Å². The number of aliphatic hydroxyl groups is 1. The quantitative estimate of drug-likeness (QED) is 0.0140. The van der Waals surface area contributed by atoms with Gasteiger partial charge in [0.25, 0.3) is 0 Å². The van der Waals surface area contributed by atoms with Crippen molar-refractivity contribution in [2.24, 2.45) is 17.2 Å². The Bertz CT molecular complexity index is 4020. The molecule has 21 N–H and O–H groups in total. The molecule has 31 heteroatoms. The van der Waals surface area contributed by atoms with E-state index in [0.29, 0.717) is 33.7 Å². The molecule has 1 aliphatic rings. The van der Waals surface area contributed by atoms with Crippen molar-refractivity contribution in [1.29, 1.82) is 10.8 Å². The van der Waals surface area contributed by atoms with Gasteiger partial charge >= 0.3 is 0 Å². The Labute approximate surface area is 612 Å². The van der Waals surface area contributed by atoms with Crippen LogP contribution in [0, 0.1) is 10.8 Å². The molecule has 0 bridgehead atoms. The first-order valence-electron chi connectivity index (χ1n) is 34.4. The van der Waals surface area contributed by atoms with Gasteiger partial charge in [-0.1, -0.05) is 139 Å². The normalized spacial score (nSPS) is 15.0. The number of carbonyl (C=O) groups is 11. The number of nitrogens with two attached hydrogens (primary N) is 3. The van der Waals surface area contributed by atoms with E-state index in [9.17, 15) is 58.2 Å². The molecule has 0 spiro atoms. The van der Waals surface area contributed by atoms with E-state index >= 15 is 4.79 Å². The highest BCUT2D eigenvalue weighted by molar-refractivity contribution is 6.30. The molecule has 1 heterocycles. The molecule has 6 aromatic carbocycles. The molecule has 0 saturated carbocycles. The summed E-state index contributed by atoms with van der Waals surface area (Å²) in [6.45, 7) is 1.69. The molecule has 0 radical (unpaired) electrons. The number of guanidine groups is 2. The highest BCUT2D eigenvalue weighted by Crippen LogP contribution is 2.23. The number of benzene rings is 6. The van der Waals surface area contributed by atoms with Gasteiger partial charge in [0.05, 0.1) is 12.6 Å². The Kier molecular flexibility index (Phi) is 31.1. The summed E-state index contributed by atoms with van der Waals surface area (Å²) in [5.41, 5.74) is 20.5. The third-order valence-electron chi connectivity index (χ3n) is 17.4. The largest absolute Gasteiger partial charge is 0.508 e. The van der Waals surface area contributed by atoms with Crippen LogP contribution in [0.3, 0.4) is 0 Å². The summed E-state index contributed by atoms with van der Waals surface area (Å²) >= 11 is 6.06. The average Bonchev–Trinajstić information content (AvgIpc) is 1.68. The SMILES string of the molecule is CC(=O)N[C@H](Cc1cccc2ccccc12)C(=O)NC(=O)[C@@H](C)NC(=O)[C@@H]1CCCN1C(=O)[C@H](CCCNC(=N)N)NC(=O)[C@H](Cc1ccccc1)NC(=O)[C@@H](CCCNC(=N)N)NC(=O)[C@H](Cc1ccc(O)cc1)NC(=O)[C@H](CO)NC(=O)[C@@H](Cc1ccccc1)NC(=O)[C@H](N)Cc1ccc(Cl)cc1. The van der Waals surface area contributed by atoms with E-state index in [2.05, 4.69) is 58.5 Å². The fourth-order valence-corrected chi connectivity index (χ4v) is 12.0. The van der Waals surface area contributed by atoms with Gasteiger partial charge in [-0.15, -0.1) is 0 Å². The molecule has 105 heavy (non-hydrogen) atoms. The lowest BCUT2D eigenvalue weighted by Gasteiger charge is -2.31. The molecule has 558 valence electrons. The summed E-state index contributed by atoms with van der Waals surface area (Å²) in [7, 11) is 0. The van der Waals surface area contributed by atoms with Crippen molar-refractivity contribution in [3.63, 3.8) is 0 Å². The van der Waals surface area contributed by atoms with Crippen LogP contribution in [-0.2, 0) is 84.8 Å². The molecule has 11 amide bonds. The number of phenols is 1. The van der Waals surface area contributed by atoms with Crippen LogP contribution in [0.2, 0.25) is 5.02 Å². The minimum Gasteiger partial charge on any atom is -0.508 e. The monoisotopic (exact) mass is 1460 g/mol. The van der Waals surface area contributed by atoms with Crippen molar-refractivity contribution in [2.45, 2.75) is 145 Å². The highest BCUT2D eigenvalue weighted by Gasteiger charge is 2.40. The van der Waals surface area contributed by atoms with Gasteiger partial charge in [-0.2, -0.15) is 0 Å². The molecule has 0 aromatic heterocycles. The number of fused-ring (bicyclic) bond motifs is 1. The van der Waals surface area contributed by atoms with Gasteiger partial charge in [0.1, 0.15) is 60.1 Å². The highest BCUT2D eigenvalue weighted by atomic mass is 35.5. The molecule has 1 fully saturated rings. The first-order chi connectivity index (χ1) is 50.2. The second kappa shape index (κ2) is 40.4. The molecule has 7 rings (SSSR count). The number of aliphatic hydroxyl groups excluding tert-OH is 1. The number of rotatable bonds is 37. The fourth-order valence-electron chi connectivity index (χ4n) is 11.9. The molecule has 0 unspecified atom stereocenters. The zero-order valence-corrected chi connectivity index (χ0v) is 59.0. The van der Waals surface area contributed by atoms with Gasteiger partial charge < -0.3 is 85.5 Å². The van der Waals surface area contributed by atoms with Crippen molar-refractivity contribution < 1.29 is 63.0 Å². The molecule has 0 aliphatic carbocycles. The number of amides is 11. The van der Waals surface area contributed by atoms with Crippen molar-refractivity contribution in [3.8, 4) is 5.75 Å². The van der Waals surface area contributed by atoms with Gasteiger partial charge in [-0.25, -0.2) is 0 Å². The predicted molar refractivity (Wildman–Crippen MR) is 393 cm³/mol. The first kappa shape index (κ1) is 80.8. The number of imide groups is 1. The third-order valence-corrected chi connectivity index (χ3v) is 17.7. The lowest BCUT2D eigenvalue weighted by atomic mass is 9.98. The van der Waals surface area contributed by atoms with E-state index in [1.807, 2.05) is 36.4 Å². The fraction of sp³-hybridized carbons (Fsp3) is 0.365. The van der Waals surface area contributed by atoms with E-state index in [1.54, 1.807) is 91.0 Å². The Hall–Kier alpha value is -11.5. The van der Waals surface area contributed by atoms with Gasteiger partial charge in [-0.05, 0) is 115 Å². The van der Waals surface area contributed by atoms with Crippen molar-refractivity contribution in [3.05, 3.63) is 184 Å². The summed E-state index contributed by atoms with van der Waals surface area (Å²) in [6.07, 6.45) is -0.0996. The van der Waals surface area contributed by atoms with Gasteiger partial charge in [-0.3, -0.25) is 68.9 Å². The summed E-state index contributed by atoms with van der Waals surface area (Å²) in [5, 5.41) is 67.4. The van der Waals surface area contributed by atoms with Crippen LogP contribution >= 0.6 is 11.6 Å². The molecule has 30 nitrogen and oxygen atoms in total. The van der Waals surface area contributed by atoms with Crippen molar-refractivity contribution in [1.82, 2.24) is 63.4 Å². The van der Waals surface area contributed by atoms with Crippen LogP contribution in [0.1, 0.15) is 80.2 Å². The first-order valence-corrected chi connectivity index (χ1v) is 34.8. The van der Waals surface area contributed by atoms with Crippen LogP contribution in [-0.4, -0.2) is 179 Å². The average molecular weight is 1460 g/mol. The molecular formula is C74H92ClN17O13. The number of likely N-dealkylation sites (tertiary alicyclic amines) is 1. The maximum Gasteiger partial charge on any atom is 0.249 e. The smallest absolute Gasteiger partial charge is 0.249 e. The number of nitrogens with one attached hydrogen (secondary N) is 13. The second-order valence-electron chi connectivity index (χ2n) is 25.6. The van der Waals surface area contributed by atoms with Crippen LogP contribution in [0.15, 0.2) is 152 Å². The summed E-state index contributed by atoms with van der Waals surface area (Å²) in [4.78, 5) is 157. The number of phenolic OH excluding ortho intramolecular Hbond substituents is 1. The summed E-state index contributed by atoms with van der Waals surface area (Å²) in [5.74, 6) is -10.1. The van der Waals surface area contributed by atoms with E-state index in [-0.39, 0.29) is 95.6 Å². The molecule has 6 aromatic rings. The number of nitrogens with zero attached hydrogens (tertiary/aromatic N) is 1. The zero-order chi connectivity index (χ0) is 76.1. The Balaban J connectivity index is 1.09. The van der Waals surface area contributed by atoms with E-state index in [0.717, 1.165) is 16.3 Å². The minimum absolute atomic E-state index is 0.0194. The molecule has 10 atom stereocenters. The van der Waals surface area contributed by atoms with Gasteiger partial charge in [0.2, 0.25) is 65.0 Å². The lowest BCUT2D eigenvalue weighted by molar-refractivity contribution is -0.143. The minimum atomic E-state index is -1.75. The number of aromatic hydroxyl groups is 1. The van der Waals surface area contributed by atoms with E-state index < -0.39 is 138 Å². The Morgan fingerprint density at radius 3 is 1.50 bits per heavy atom. The summed E-state index contributed by atoms with van der Waals surface area (Å²) in [6, 6.07) is 28.4. The number of halogens is 1. The third kappa shape index (κ3) is 25.8. The second-order valence-corrected chi connectivity index (χ2v) is 26.0. The van der Waals surface area contributed by atoms with Crippen molar-refractivity contribution in [2.75, 3.05) is 26.2 Å². The van der Waals surface area contributed by atoms with Crippen molar-refractivity contribution >= 4 is 99.3 Å². The maximum absolute atomic E-state index is 15.0.